The quantitative estimate of drug-likeness (QED) is 0.572. The highest BCUT2D eigenvalue weighted by Crippen LogP contribution is 2.21. The molecule has 0 atom stereocenters. The predicted octanol–water partition coefficient (Wildman–Crippen LogP) is 4.77. The van der Waals surface area contributed by atoms with Crippen LogP contribution < -0.4 is 10.0 Å². The van der Waals surface area contributed by atoms with Gasteiger partial charge in [-0.15, -0.1) is 11.8 Å². The molecule has 0 aliphatic heterocycles. The van der Waals surface area contributed by atoms with Crippen molar-refractivity contribution in [2.45, 2.75) is 16.7 Å². The lowest BCUT2D eigenvalue weighted by Crippen LogP contribution is -2.16. The molecule has 0 spiro atoms. The Morgan fingerprint density at radius 2 is 1.61 bits per heavy atom. The van der Waals surface area contributed by atoms with Crippen molar-refractivity contribution in [3.63, 3.8) is 0 Å². The third-order valence-corrected chi connectivity index (χ3v) is 6.11. The second-order valence-corrected chi connectivity index (χ2v) is 8.75. The molecule has 1 amide bonds. The first-order valence-electron chi connectivity index (χ1n) is 8.52. The van der Waals surface area contributed by atoms with Crippen LogP contribution in [0.15, 0.2) is 82.6 Å². The van der Waals surface area contributed by atoms with Gasteiger partial charge in [-0.3, -0.25) is 9.52 Å². The Labute approximate surface area is 169 Å². The van der Waals surface area contributed by atoms with Crippen LogP contribution in [0.25, 0.3) is 0 Å². The Morgan fingerprint density at radius 3 is 2.36 bits per heavy atom. The van der Waals surface area contributed by atoms with Gasteiger partial charge >= 0.3 is 0 Å². The van der Waals surface area contributed by atoms with E-state index >= 15 is 0 Å². The molecule has 0 saturated carbocycles. The van der Waals surface area contributed by atoms with Crippen LogP contribution in [0.4, 0.5) is 11.4 Å². The van der Waals surface area contributed by atoms with Crippen molar-refractivity contribution in [1.29, 1.82) is 0 Å². The molecule has 0 aliphatic carbocycles. The molecule has 7 heteroatoms. The Bertz CT molecular complexity index is 1110. The van der Waals surface area contributed by atoms with E-state index < -0.39 is 10.0 Å². The zero-order chi connectivity index (χ0) is 20.1. The van der Waals surface area contributed by atoms with Crippen molar-refractivity contribution >= 4 is 39.1 Å². The van der Waals surface area contributed by atoms with Crippen LogP contribution in [0.5, 0.6) is 0 Å². The number of benzene rings is 3. The topological polar surface area (TPSA) is 75.3 Å². The van der Waals surface area contributed by atoms with Gasteiger partial charge in [-0.05, 0) is 67.3 Å². The maximum atomic E-state index is 12.7. The van der Waals surface area contributed by atoms with Gasteiger partial charge in [-0.25, -0.2) is 8.42 Å². The summed E-state index contributed by atoms with van der Waals surface area (Å²) in [6, 6.07) is 20.5. The van der Waals surface area contributed by atoms with E-state index in [4.69, 9.17) is 0 Å². The summed E-state index contributed by atoms with van der Waals surface area (Å²) >= 11 is 1.57. The zero-order valence-corrected chi connectivity index (χ0v) is 17.1. The third-order valence-electron chi connectivity index (χ3n) is 4.00. The van der Waals surface area contributed by atoms with Crippen molar-refractivity contribution in [1.82, 2.24) is 0 Å². The summed E-state index contributed by atoms with van der Waals surface area (Å²) in [5.41, 5.74) is 2.34. The van der Waals surface area contributed by atoms with E-state index in [9.17, 15) is 13.2 Å². The van der Waals surface area contributed by atoms with Crippen molar-refractivity contribution in [2.75, 3.05) is 16.3 Å². The summed E-state index contributed by atoms with van der Waals surface area (Å²) in [4.78, 5) is 13.6. The molecule has 5 nitrogen and oxygen atoms in total. The monoisotopic (exact) mass is 412 g/mol. The highest BCUT2D eigenvalue weighted by Gasteiger charge is 2.17. The van der Waals surface area contributed by atoms with Gasteiger partial charge in [-0.1, -0.05) is 24.3 Å². The summed E-state index contributed by atoms with van der Waals surface area (Å²) in [7, 11) is -3.80. The average Bonchev–Trinajstić information content (AvgIpc) is 2.68. The molecule has 28 heavy (non-hydrogen) atoms. The molecule has 0 aromatic heterocycles. The fourth-order valence-corrected chi connectivity index (χ4v) is 4.19. The van der Waals surface area contributed by atoms with Gasteiger partial charge in [0.05, 0.1) is 4.90 Å². The van der Waals surface area contributed by atoms with Crippen LogP contribution in [0.1, 0.15) is 15.9 Å². The second-order valence-electron chi connectivity index (χ2n) is 6.19. The first-order valence-corrected chi connectivity index (χ1v) is 11.2. The molecule has 0 heterocycles. The number of sulfonamides is 1. The molecule has 144 valence electrons. The Kier molecular flexibility index (Phi) is 6.06. The van der Waals surface area contributed by atoms with E-state index in [1.807, 2.05) is 37.4 Å². The molecule has 3 aromatic carbocycles. The van der Waals surface area contributed by atoms with Gasteiger partial charge < -0.3 is 5.32 Å². The van der Waals surface area contributed by atoms with Gasteiger partial charge in [0.1, 0.15) is 0 Å². The number of carbonyl (C=O) groups is 1. The standard InChI is InChI=1S/C21H20N2O3S2/c1-15-6-3-9-18(12-15)23-28(25,26)20-11-4-7-16(13-20)21(24)22-17-8-5-10-19(14-17)27-2/h3-14,23H,1-2H3,(H,22,24). The minimum Gasteiger partial charge on any atom is -0.322 e. The van der Waals surface area contributed by atoms with E-state index in [1.54, 1.807) is 48.2 Å². The van der Waals surface area contributed by atoms with E-state index in [0.29, 0.717) is 11.4 Å². The SMILES string of the molecule is CSc1cccc(NC(=O)c2cccc(S(=O)(=O)Nc3cccc(C)c3)c2)c1. The Hall–Kier alpha value is -2.77. The zero-order valence-electron chi connectivity index (χ0n) is 15.5. The number of aryl methyl sites for hydroxylation is 1. The summed E-state index contributed by atoms with van der Waals surface area (Å²) in [6.45, 7) is 1.88. The summed E-state index contributed by atoms with van der Waals surface area (Å²) in [5, 5.41) is 2.80. The average molecular weight is 413 g/mol. The Balaban J connectivity index is 1.81. The van der Waals surface area contributed by atoms with Crippen LogP contribution in [0.2, 0.25) is 0 Å². The molecule has 0 radical (unpaired) electrons. The van der Waals surface area contributed by atoms with Gasteiger partial charge in [0.15, 0.2) is 0 Å². The number of carbonyl (C=O) groups excluding carboxylic acids is 1. The van der Waals surface area contributed by atoms with Gasteiger partial charge in [0.2, 0.25) is 0 Å². The van der Waals surface area contributed by atoms with Crippen molar-refractivity contribution in [3.8, 4) is 0 Å². The molecule has 0 bridgehead atoms. The number of anilines is 2. The van der Waals surface area contributed by atoms with Crippen molar-refractivity contribution < 1.29 is 13.2 Å². The van der Waals surface area contributed by atoms with Crippen LogP contribution in [0.3, 0.4) is 0 Å². The smallest absolute Gasteiger partial charge is 0.261 e. The van der Waals surface area contributed by atoms with Crippen LogP contribution in [-0.2, 0) is 10.0 Å². The first-order chi connectivity index (χ1) is 13.4. The molecule has 0 fully saturated rings. The Morgan fingerprint density at radius 1 is 0.893 bits per heavy atom. The van der Waals surface area contributed by atoms with Gasteiger partial charge in [-0.2, -0.15) is 0 Å². The van der Waals surface area contributed by atoms with Crippen LogP contribution in [-0.4, -0.2) is 20.6 Å². The number of thioether (sulfide) groups is 1. The lowest BCUT2D eigenvalue weighted by Gasteiger charge is -2.11. The third kappa shape index (κ3) is 4.94. The van der Waals surface area contributed by atoms with E-state index in [2.05, 4.69) is 10.0 Å². The highest BCUT2D eigenvalue weighted by molar-refractivity contribution is 7.98. The molecular formula is C21H20N2O3S2. The largest absolute Gasteiger partial charge is 0.322 e. The molecular weight excluding hydrogens is 392 g/mol. The predicted molar refractivity (Wildman–Crippen MR) is 115 cm³/mol. The maximum absolute atomic E-state index is 12.7. The number of hydrogen-bond donors (Lipinski definition) is 2. The number of hydrogen-bond acceptors (Lipinski definition) is 4. The van der Waals surface area contributed by atoms with Crippen molar-refractivity contribution in [2.24, 2.45) is 0 Å². The molecule has 0 unspecified atom stereocenters. The molecule has 2 N–H and O–H groups in total. The molecule has 0 aliphatic rings. The summed E-state index contributed by atoms with van der Waals surface area (Å²) in [6.07, 6.45) is 1.95. The first kappa shape index (κ1) is 20.0. The minimum absolute atomic E-state index is 0.0273. The van der Waals surface area contributed by atoms with Crippen molar-refractivity contribution in [3.05, 3.63) is 83.9 Å². The highest BCUT2D eigenvalue weighted by atomic mass is 32.2. The fourth-order valence-electron chi connectivity index (χ4n) is 2.63. The normalized spacial score (nSPS) is 11.1. The maximum Gasteiger partial charge on any atom is 0.261 e. The lowest BCUT2D eigenvalue weighted by atomic mass is 10.2. The summed E-state index contributed by atoms with van der Waals surface area (Å²) < 4.78 is 27.9. The molecule has 3 rings (SSSR count). The van der Waals surface area contributed by atoms with E-state index in [0.717, 1.165) is 10.5 Å². The minimum atomic E-state index is -3.80. The van der Waals surface area contributed by atoms with E-state index in [-0.39, 0.29) is 16.4 Å². The molecule has 3 aromatic rings. The number of rotatable bonds is 6. The number of nitrogens with one attached hydrogen (secondary N) is 2. The summed E-state index contributed by atoms with van der Waals surface area (Å²) in [5.74, 6) is -0.370. The van der Waals surface area contributed by atoms with Gasteiger partial charge in [0, 0.05) is 21.8 Å². The molecule has 0 saturated heterocycles. The van der Waals surface area contributed by atoms with E-state index in [1.165, 1.54) is 12.1 Å². The van der Waals surface area contributed by atoms with Crippen LogP contribution in [0, 0.1) is 6.92 Å². The lowest BCUT2D eigenvalue weighted by molar-refractivity contribution is 0.102. The second kappa shape index (κ2) is 8.50. The number of amides is 1. The van der Waals surface area contributed by atoms with Gasteiger partial charge in [0.25, 0.3) is 15.9 Å². The van der Waals surface area contributed by atoms with Crippen LogP contribution >= 0.6 is 11.8 Å². The fraction of sp³-hybridized carbons (Fsp3) is 0.0952.